The third-order valence-electron chi connectivity index (χ3n) is 1.90. The molecule has 0 heterocycles. The van der Waals surface area contributed by atoms with Crippen molar-refractivity contribution in [3.8, 4) is 5.75 Å². The number of halogens is 3. The zero-order valence-corrected chi connectivity index (χ0v) is 9.33. The molecule has 0 amide bonds. The second-order valence-electron chi connectivity index (χ2n) is 3.38. The van der Waals surface area contributed by atoms with Crippen LogP contribution in [0.1, 0.15) is 12.5 Å². The van der Waals surface area contributed by atoms with Crippen molar-refractivity contribution in [2.45, 2.75) is 19.4 Å². The summed E-state index contributed by atoms with van der Waals surface area (Å²) >= 11 is 0. The summed E-state index contributed by atoms with van der Waals surface area (Å²) in [6.07, 6.45) is -3.64. The van der Waals surface area contributed by atoms with Crippen LogP contribution in [-0.2, 0) is 4.74 Å². The van der Waals surface area contributed by atoms with Gasteiger partial charge in [0.15, 0.2) is 6.29 Å². The van der Waals surface area contributed by atoms with Gasteiger partial charge in [-0.15, -0.1) is 0 Å². The van der Waals surface area contributed by atoms with Crippen molar-refractivity contribution >= 4 is 6.08 Å². The molecule has 0 fully saturated rings. The normalized spacial score (nSPS) is 13.2. The van der Waals surface area contributed by atoms with Crippen LogP contribution in [0.15, 0.2) is 30.8 Å². The molecule has 0 radical (unpaired) electrons. The van der Waals surface area contributed by atoms with Gasteiger partial charge in [0, 0.05) is 0 Å². The largest absolute Gasteiger partial charge is 0.465 e. The van der Waals surface area contributed by atoms with Gasteiger partial charge in [-0.2, -0.15) is 13.2 Å². The van der Waals surface area contributed by atoms with Crippen molar-refractivity contribution in [2.75, 3.05) is 6.61 Å². The quantitative estimate of drug-likeness (QED) is 0.738. The molecule has 0 aliphatic rings. The second-order valence-corrected chi connectivity index (χ2v) is 3.38. The van der Waals surface area contributed by atoms with E-state index in [9.17, 15) is 13.2 Å². The summed E-state index contributed by atoms with van der Waals surface area (Å²) in [4.78, 5) is 0. The molecule has 0 bridgehead atoms. The van der Waals surface area contributed by atoms with E-state index in [2.05, 4.69) is 11.3 Å². The molecule has 1 atom stereocenters. The van der Waals surface area contributed by atoms with E-state index in [1.54, 1.807) is 30.3 Å². The monoisotopic (exact) mass is 246 g/mol. The third kappa shape index (κ3) is 5.40. The molecule has 0 aliphatic carbocycles. The lowest BCUT2D eigenvalue weighted by atomic mass is 10.2. The van der Waals surface area contributed by atoms with Gasteiger partial charge in [0.2, 0.25) is 0 Å². The highest BCUT2D eigenvalue weighted by Gasteiger charge is 2.28. The Morgan fingerprint density at radius 1 is 1.29 bits per heavy atom. The maximum atomic E-state index is 11.9. The molecule has 94 valence electrons. The zero-order chi connectivity index (χ0) is 12.9. The Hall–Kier alpha value is -1.49. The summed E-state index contributed by atoms with van der Waals surface area (Å²) in [6.45, 7) is 3.68. The van der Waals surface area contributed by atoms with Gasteiger partial charge in [0.25, 0.3) is 0 Å². The fourth-order valence-electron chi connectivity index (χ4n) is 1.12. The molecule has 1 aromatic rings. The van der Waals surface area contributed by atoms with E-state index in [1.807, 2.05) is 0 Å². The van der Waals surface area contributed by atoms with Crippen LogP contribution in [0.4, 0.5) is 13.2 Å². The lowest BCUT2D eigenvalue weighted by Crippen LogP contribution is -2.25. The smallest absolute Gasteiger partial charge is 0.411 e. The highest BCUT2D eigenvalue weighted by molar-refractivity contribution is 5.48. The number of rotatable bonds is 5. The molecule has 2 nitrogen and oxygen atoms in total. The Kier molecular flexibility index (Phi) is 4.57. The van der Waals surface area contributed by atoms with E-state index in [0.29, 0.717) is 5.75 Å². The summed E-state index contributed by atoms with van der Waals surface area (Å²) in [5.74, 6) is 0.449. The maximum Gasteiger partial charge on any atom is 0.411 e. The van der Waals surface area contributed by atoms with Crippen LogP contribution in [0.3, 0.4) is 0 Å². The first-order chi connectivity index (χ1) is 7.90. The minimum Gasteiger partial charge on any atom is -0.465 e. The van der Waals surface area contributed by atoms with Crippen molar-refractivity contribution in [3.05, 3.63) is 36.4 Å². The van der Waals surface area contributed by atoms with E-state index >= 15 is 0 Å². The van der Waals surface area contributed by atoms with Crippen LogP contribution in [-0.4, -0.2) is 19.1 Å². The fourth-order valence-corrected chi connectivity index (χ4v) is 1.12. The minimum absolute atomic E-state index is 0.449. The molecule has 0 saturated carbocycles. The Balaban J connectivity index is 2.44. The average Bonchev–Trinajstić information content (AvgIpc) is 2.27. The van der Waals surface area contributed by atoms with Gasteiger partial charge >= 0.3 is 6.18 Å². The highest BCUT2D eigenvalue weighted by atomic mass is 19.4. The van der Waals surface area contributed by atoms with Crippen molar-refractivity contribution < 1.29 is 22.6 Å². The molecule has 1 unspecified atom stereocenters. The first-order valence-electron chi connectivity index (χ1n) is 4.98. The van der Waals surface area contributed by atoms with Gasteiger partial charge in [0.1, 0.15) is 12.4 Å². The lowest BCUT2D eigenvalue weighted by Gasteiger charge is -2.16. The van der Waals surface area contributed by atoms with Crippen molar-refractivity contribution in [3.63, 3.8) is 0 Å². The minimum atomic E-state index is -4.34. The van der Waals surface area contributed by atoms with E-state index in [4.69, 9.17) is 4.74 Å². The number of ether oxygens (including phenoxy) is 2. The summed E-state index contributed by atoms with van der Waals surface area (Å²) < 4.78 is 45.2. The third-order valence-corrected chi connectivity index (χ3v) is 1.90. The van der Waals surface area contributed by atoms with Gasteiger partial charge in [-0.05, 0) is 24.6 Å². The summed E-state index contributed by atoms with van der Waals surface area (Å²) in [7, 11) is 0. The van der Waals surface area contributed by atoms with Gasteiger partial charge in [-0.3, -0.25) is 0 Å². The predicted molar refractivity (Wildman–Crippen MR) is 58.6 cm³/mol. The Morgan fingerprint density at radius 2 is 1.88 bits per heavy atom. The molecule has 5 heteroatoms. The first kappa shape index (κ1) is 13.6. The molecule has 17 heavy (non-hydrogen) atoms. The van der Waals surface area contributed by atoms with Gasteiger partial charge in [-0.25, -0.2) is 0 Å². The molecular weight excluding hydrogens is 233 g/mol. The van der Waals surface area contributed by atoms with E-state index in [-0.39, 0.29) is 0 Å². The number of hydrogen-bond donors (Lipinski definition) is 0. The number of benzene rings is 1. The van der Waals surface area contributed by atoms with Crippen LogP contribution in [0.25, 0.3) is 6.08 Å². The van der Waals surface area contributed by atoms with Crippen LogP contribution in [0, 0.1) is 0 Å². The molecule has 0 spiro atoms. The van der Waals surface area contributed by atoms with Crippen molar-refractivity contribution in [1.82, 2.24) is 0 Å². The van der Waals surface area contributed by atoms with E-state index < -0.39 is 19.1 Å². The molecule has 0 saturated heterocycles. The van der Waals surface area contributed by atoms with E-state index in [1.165, 1.54) is 6.92 Å². The molecule has 1 rings (SSSR count). The zero-order valence-electron chi connectivity index (χ0n) is 9.33. The number of hydrogen-bond acceptors (Lipinski definition) is 2. The summed E-state index contributed by atoms with van der Waals surface area (Å²) in [5.41, 5.74) is 0.904. The number of alkyl halides is 3. The molecule has 1 aromatic carbocycles. The first-order valence-corrected chi connectivity index (χ1v) is 4.98. The summed E-state index contributed by atoms with van der Waals surface area (Å²) in [5, 5.41) is 0. The van der Waals surface area contributed by atoms with Crippen LogP contribution >= 0.6 is 0 Å². The standard InChI is InChI=1S/C12H13F3O2/c1-3-10-4-6-11(7-5-10)17-9(2)16-8-12(13,14)15/h3-7,9H,1,8H2,2H3. The predicted octanol–water partition coefficient (Wildman–Crippen LogP) is 3.63. The van der Waals surface area contributed by atoms with E-state index in [0.717, 1.165) is 5.56 Å². The topological polar surface area (TPSA) is 18.5 Å². The Morgan fingerprint density at radius 3 is 2.35 bits per heavy atom. The maximum absolute atomic E-state index is 11.9. The molecule has 0 N–H and O–H groups in total. The van der Waals surface area contributed by atoms with Crippen molar-refractivity contribution in [2.24, 2.45) is 0 Å². The Labute approximate surface area is 97.7 Å². The van der Waals surface area contributed by atoms with Crippen LogP contribution in [0.2, 0.25) is 0 Å². The SMILES string of the molecule is C=Cc1ccc(OC(C)OCC(F)(F)F)cc1. The second kappa shape index (κ2) is 5.72. The Bertz CT molecular complexity index is 357. The fraction of sp³-hybridized carbons (Fsp3) is 0.333. The molecule has 0 aromatic heterocycles. The average molecular weight is 246 g/mol. The summed E-state index contributed by atoms with van der Waals surface area (Å²) in [6, 6.07) is 6.78. The molecule has 0 aliphatic heterocycles. The van der Waals surface area contributed by atoms with Gasteiger partial charge < -0.3 is 9.47 Å². The lowest BCUT2D eigenvalue weighted by molar-refractivity contribution is -0.206. The van der Waals surface area contributed by atoms with Crippen molar-refractivity contribution in [1.29, 1.82) is 0 Å². The molecular formula is C12H13F3O2. The van der Waals surface area contributed by atoms with Crippen LogP contribution < -0.4 is 4.74 Å². The highest BCUT2D eigenvalue weighted by Crippen LogP contribution is 2.18. The van der Waals surface area contributed by atoms with Crippen LogP contribution in [0.5, 0.6) is 5.75 Å². The van der Waals surface area contributed by atoms with Gasteiger partial charge in [0.05, 0.1) is 0 Å². The van der Waals surface area contributed by atoms with Gasteiger partial charge in [-0.1, -0.05) is 24.8 Å².